The topological polar surface area (TPSA) is 40.5 Å². The molecule has 64 valence electrons. The summed E-state index contributed by atoms with van der Waals surface area (Å²) in [5.74, 6) is 0.356. The average molecular weight is 157 g/mol. The van der Waals surface area contributed by atoms with Crippen molar-refractivity contribution >= 4 is 5.91 Å². The minimum absolute atomic E-state index is 0.126. The third kappa shape index (κ3) is 1.53. The summed E-state index contributed by atoms with van der Waals surface area (Å²) in [5, 5.41) is 8.83. The Kier molecular flexibility index (Phi) is 2.49. The van der Waals surface area contributed by atoms with Crippen molar-refractivity contribution in [2.75, 3.05) is 13.2 Å². The van der Waals surface area contributed by atoms with Crippen molar-refractivity contribution in [3.63, 3.8) is 0 Å². The van der Waals surface area contributed by atoms with Gasteiger partial charge in [-0.2, -0.15) is 0 Å². The van der Waals surface area contributed by atoms with Crippen LogP contribution < -0.4 is 0 Å². The molecule has 1 saturated heterocycles. The molecule has 3 nitrogen and oxygen atoms in total. The van der Waals surface area contributed by atoms with Crippen LogP contribution in [-0.4, -0.2) is 35.1 Å². The molecule has 1 rings (SSSR count). The Morgan fingerprint density at radius 1 is 1.82 bits per heavy atom. The third-order valence-corrected chi connectivity index (χ3v) is 2.42. The van der Waals surface area contributed by atoms with Crippen LogP contribution in [0.25, 0.3) is 0 Å². The zero-order valence-electron chi connectivity index (χ0n) is 7.08. The van der Waals surface area contributed by atoms with E-state index in [-0.39, 0.29) is 24.5 Å². The van der Waals surface area contributed by atoms with E-state index in [2.05, 4.69) is 0 Å². The van der Waals surface area contributed by atoms with E-state index in [1.54, 1.807) is 6.92 Å². The number of carbonyl (C=O) groups is 1. The van der Waals surface area contributed by atoms with Crippen LogP contribution in [0.3, 0.4) is 0 Å². The van der Waals surface area contributed by atoms with Gasteiger partial charge < -0.3 is 10.0 Å². The maximum Gasteiger partial charge on any atom is 0.219 e. The maximum atomic E-state index is 10.9. The quantitative estimate of drug-likeness (QED) is 0.623. The van der Waals surface area contributed by atoms with Gasteiger partial charge in [-0.15, -0.1) is 0 Å². The first-order valence-corrected chi connectivity index (χ1v) is 4.05. The minimum atomic E-state index is 0.126. The average Bonchev–Trinajstić information content (AvgIpc) is 1.83. The van der Waals surface area contributed by atoms with Crippen molar-refractivity contribution in [3.05, 3.63) is 0 Å². The number of hydrogen-bond donors (Lipinski definition) is 1. The van der Waals surface area contributed by atoms with Crippen LogP contribution in [0.15, 0.2) is 0 Å². The van der Waals surface area contributed by atoms with Crippen molar-refractivity contribution in [1.29, 1.82) is 0 Å². The molecule has 11 heavy (non-hydrogen) atoms. The number of likely N-dealkylation sites (tertiary alicyclic amines) is 1. The summed E-state index contributed by atoms with van der Waals surface area (Å²) >= 11 is 0. The Hall–Kier alpha value is -0.570. The summed E-state index contributed by atoms with van der Waals surface area (Å²) in [7, 11) is 0. The molecule has 2 unspecified atom stereocenters. The van der Waals surface area contributed by atoms with Gasteiger partial charge in [-0.25, -0.2) is 0 Å². The molecule has 1 fully saturated rings. The fraction of sp³-hybridized carbons (Fsp3) is 0.875. The highest BCUT2D eigenvalue weighted by atomic mass is 16.3. The van der Waals surface area contributed by atoms with E-state index >= 15 is 0 Å². The predicted molar refractivity (Wildman–Crippen MR) is 42.0 cm³/mol. The molecule has 0 radical (unpaired) electrons. The highest BCUT2D eigenvalue weighted by Gasteiger charge is 2.33. The van der Waals surface area contributed by atoms with E-state index in [9.17, 15) is 4.79 Å². The SMILES string of the molecule is CC(=O)N1CCC1C(C)CO. The Labute approximate surface area is 67.0 Å². The number of nitrogens with zero attached hydrogens (tertiary/aromatic N) is 1. The van der Waals surface area contributed by atoms with Crippen LogP contribution in [0.5, 0.6) is 0 Å². The molecule has 3 heteroatoms. The summed E-state index contributed by atoms with van der Waals surface area (Å²) < 4.78 is 0. The number of aliphatic hydroxyl groups excluding tert-OH is 1. The lowest BCUT2D eigenvalue weighted by atomic mass is 9.91. The Morgan fingerprint density at radius 3 is 2.73 bits per heavy atom. The lowest BCUT2D eigenvalue weighted by Gasteiger charge is -2.43. The number of hydrogen-bond acceptors (Lipinski definition) is 2. The van der Waals surface area contributed by atoms with Crippen molar-refractivity contribution in [2.45, 2.75) is 26.3 Å². The van der Waals surface area contributed by atoms with Crippen molar-refractivity contribution in [3.8, 4) is 0 Å². The Morgan fingerprint density at radius 2 is 2.45 bits per heavy atom. The molecule has 0 spiro atoms. The number of amides is 1. The van der Waals surface area contributed by atoms with E-state index in [4.69, 9.17) is 5.11 Å². The normalized spacial score (nSPS) is 26.1. The summed E-state index contributed by atoms with van der Waals surface area (Å²) in [4.78, 5) is 12.7. The zero-order chi connectivity index (χ0) is 8.43. The van der Waals surface area contributed by atoms with E-state index in [0.717, 1.165) is 13.0 Å². The van der Waals surface area contributed by atoms with Gasteiger partial charge in [0.1, 0.15) is 0 Å². The fourth-order valence-corrected chi connectivity index (χ4v) is 1.51. The van der Waals surface area contributed by atoms with Crippen LogP contribution in [0.1, 0.15) is 20.3 Å². The van der Waals surface area contributed by atoms with Crippen molar-refractivity contribution in [1.82, 2.24) is 4.90 Å². The molecular formula is C8H15NO2. The van der Waals surface area contributed by atoms with Gasteiger partial charge in [0.25, 0.3) is 0 Å². The maximum absolute atomic E-state index is 10.9. The van der Waals surface area contributed by atoms with Crippen molar-refractivity contribution in [2.24, 2.45) is 5.92 Å². The van der Waals surface area contributed by atoms with Crippen LogP contribution in [0.2, 0.25) is 0 Å². The lowest BCUT2D eigenvalue weighted by Crippen LogP contribution is -2.54. The van der Waals surface area contributed by atoms with Gasteiger partial charge in [-0.3, -0.25) is 4.79 Å². The Balaban J connectivity index is 2.42. The largest absolute Gasteiger partial charge is 0.396 e. The fourth-order valence-electron chi connectivity index (χ4n) is 1.51. The molecule has 1 heterocycles. The Bertz CT molecular complexity index is 158. The van der Waals surface area contributed by atoms with E-state index in [1.807, 2.05) is 11.8 Å². The first kappa shape index (κ1) is 8.53. The lowest BCUT2D eigenvalue weighted by molar-refractivity contribution is -0.138. The molecule has 0 aromatic carbocycles. The summed E-state index contributed by atoms with van der Waals surface area (Å²) in [6.45, 7) is 4.59. The molecule has 0 aromatic rings. The van der Waals surface area contributed by atoms with E-state index < -0.39 is 0 Å². The highest BCUT2D eigenvalue weighted by Crippen LogP contribution is 2.23. The van der Waals surface area contributed by atoms with Crippen LogP contribution in [0.4, 0.5) is 0 Å². The van der Waals surface area contributed by atoms with Crippen molar-refractivity contribution < 1.29 is 9.90 Å². The van der Waals surface area contributed by atoms with E-state index in [1.165, 1.54) is 0 Å². The first-order valence-electron chi connectivity index (χ1n) is 4.05. The van der Waals surface area contributed by atoms with Gasteiger partial charge in [0.05, 0.1) is 0 Å². The smallest absolute Gasteiger partial charge is 0.219 e. The molecule has 1 aliphatic rings. The van der Waals surface area contributed by atoms with Gasteiger partial charge in [-0.05, 0) is 12.3 Å². The first-order chi connectivity index (χ1) is 5.16. The molecule has 2 atom stereocenters. The highest BCUT2D eigenvalue weighted by molar-refractivity contribution is 5.74. The third-order valence-electron chi connectivity index (χ3n) is 2.42. The summed E-state index contributed by atoms with van der Waals surface area (Å²) in [5.41, 5.74) is 0. The standard InChI is InChI=1S/C8H15NO2/c1-6(5-10)8-3-4-9(8)7(2)11/h6,8,10H,3-5H2,1-2H3. The molecule has 1 amide bonds. The molecule has 0 bridgehead atoms. The molecule has 1 aliphatic heterocycles. The van der Waals surface area contributed by atoms with Gasteiger partial charge >= 0.3 is 0 Å². The zero-order valence-corrected chi connectivity index (χ0v) is 7.08. The van der Waals surface area contributed by atoms with E-state index in [0.29, 0.717) is 0 Å². The van der Waals surface area contributed by atoms with Gasteiger partial charge in [0, 0.05) is 26.1 Å². The van der Waals surface area contributed by atoms with Crippen LogP contribution >= 0.6 is 0 Å². The second-order valence-corrected chi connectivity index (χ2v) is 3.23. The van der Waals surface area contributed by atoms with Gasteiger partial charge in [0.15, 0.2) is 0 Å². The molecule has 0 aromatic heterocycles. The number of rotatable bonds is 2. The minimum Gasteiger partial charge on any atom is -0.396 e. The van der Waals surface area contributed by atoms with Gasteiger partial charge in [-0.1, -0.05) is 6.92 Å². The number of aliphatic hydroxyl groups is 1. The number of carbonyl (C=O) groups excluding carboxylic acids is 1. The molecule has 0 saturated carbocycles. The second-order valence-electron chi connectivity index (χ2n) is 3.23. The summed E-state index contributed by atoms with van der Waals surface area (Å²) in [6, 6.07) is 0.289. The van der Waals surface area contributed by atoms with Gasteiger partial charge in [0.2, 0.25) is 5.91 Å². The van der Waals surface area contributed by atoms with Crippen LogP contribution in [-0.2, 0) is 4.79 Å². The molecule has 0 aliphatic carbocycles. The monoisotopic (exact) mass is 157 g/mol. The van der Waals surface area contributed by atoms with Crippen LogP contribution in [0, 0.1) is 5.92 Å². The predicted octanol–water partition coefficient (Wildman–Crippen LogP) is 0.236. The molecule has 1 N–H and O–H groups in total. The molecular weight excluding hydrogens is 142 g/mol. The summed E-state index contributed by atoms with van der Waals surface area (Å²) in [6.07, 6.45) is 1.04. The second kappa shape index (κ2) is 3.22.